The van der Waals surface area contributed by atoms with E-state index in [4.69, 9.17) is 21.1 Å². The SMILES string of the molecule is C=CC(=O)N1CCN(C(=N)c2cc(Cl)c(-c3ccc(F)cc3F)c3c2NC(CCCN2C4CCC2COC4)CO3)[C@@H](C)C1. The number of amidine groups is 1. The second kappa shape index (κ2) is 12.4. The predicted octanol–water partition coefficient (Wildman–Crippen LogP) is 5.15. The third-order valence-corrected chi connectivity index (χ3v) is 9.53. The monoisotopic (exact) mass is 613 g/mol. The van der Waals surface area contributed by atoms with Crippen molar-refractivity contribution in [3.8, 4) is 16.9 Å². The molecule has 0 aromatic heterocycles. The van der Waals surface area contributed by atoms with Crippen molar-refractivity contribution in [2.24, 2.45) is 0 Å². The van der Waals surface area contributed by atoms with Gasteiger partial charge in [-0.2, -0.15) is 0 Å². The lowest BCUT2D eigenvalue weighted by Crippen LogP contribution is -2.55. The molecule has 0 spiro atoms. The molecule has 43 heavy (non-hydrogen) atoms. The van der Waals surface area contributed by atoms with Gasteiger partial charge in [0.1, 0.15) is 24.1 Å². The molecule has 8 nitrogen and oxygen atoms in total. The van der Waals surface area contributed by atoms with Gasteiger partial charge in [-0.15, -0.1) is 0 Å². The number of ether oxygens (including phenoxy) is 2. The number of rotatable bonds is 7. The first-order valence-corrected chi connectivity index (χ1v) is 15.4. The zero-order valence-corrected chi connectivity index (χ0v) is 25.1. The van der Waals surface area contributed by atoms with Gasteiger partial charge in [0.2, 0.25) is 5.91 Å². The molecule has 4 aliphatic heterocycles. The normalized spacial score (nSPS) is 25.1. The van der Waals surface area contributed by atoms with E-state index in [1.165, 1.54) is 31.1 Å². The number of nitrogens with one attached hydrogen (secondary N) is 2. The third kappa shape index (κ3) is 5.84. The summed E-state index contributed by atoms with van der Waals surface area (Å²) < 4.78 is 40.9. The Hall–Kier alpha value is -3.21. The molecule has 4 aliphatic rings. The van der Waals surface area contributed by atoms with Crippen LogP contribution in [-0.4, -0.2) is 96.6 Å². The first-order valence-electron chi connectivity index (χ1n) is 15.1. The van der Waals surface area contributed by atoms with Crippen molar-refractivity contribution in [2.75, 3.05) is 51.3 Å². The Morgan fingerprint density at radius 1 is 1.19 bits per heavy atom. The van der Waals surface area contributed by atoms with Crippen LogP contribution in [0.2, 0.25) is 5.02 Å². The van der Waals surface area contributed by atoms with Crippen molar-refractivity contribution in [3.05, 3.63) is 59.1 Å². The fourth-order valence-corrected chi connectivity index (χ4v) is 7.30. The molecule has 2 aromatic carbocycles. The zero-order chi connectivity index (χ0) is 30.2. The third-order valence-electron chi connectivity index (χ3n) is 9.23. The number of nitrogens with zero attached hydrogens (tertiary/aromatic N) is 3. The highest BCUT2D eigenvalue weighted by Crippen LogP contribution is 2.47. The molecule has 0 radical (unpaired) electrons. The minimum absolute atomic E-state index is 0.0238. The first-order chi connectivity index (χ1) is 20.7. The van der Waals surface area contributed by atoms with Gasteiger partial charge in [0.25, 0.3) is 0 Å². The van der Waals surface area contributed by atoms with Crippen LogP contribution < -0.4 is 10.1 Å². The molecule has 1 amide bonds. The summed E-state index contributed by atoms with van der Waals surface area (Å²) in [5.41, 5.74) is 1.58. The number of carbonyl (C=O) groups excluding carboxylic acids is 1. The van der Waals surface area contributed by atoms with Gasteiger partial charge in [0.15, 0.2) is 5.75 Å². The Bertz CT molecular complexity index is 1410. The zero-order valence-electron chi connectivity index (χ0n) is 24.4. The van der Waals surface area contributed by atoms with Crippen molar-refractivity contribution in [1.29, 1.82) is 5.41 Å². The van der Waals surface area contributed by atoms with E-state index in [1.807, 2.05) is 11.8 Å². The number of carbonyl (C=O) groups is 1. The van der Waals surface area contributed by atoms with Crippen molar-refractivity contribution in [2.45, 2.75) is 56.8 Å². The lowest BCUT2D eigenvalue weighted by Gasteiger charge is -2.42. The average Bonchev–Trinajstić information content (AvgIpc) is 3.21. The van der Waals surface area contributed by atoms with E-state index in [9.17, 15) is 14.6 Å². The second-order valence-electron chi connectivity index (χ2n) is 11.9. The number of hydrogen-bond acceptors (Lipinski definition) is 6. The lowest BCUT2D eigenvalue weighted by molar-refractivity contribution is -0.128. The first kappa shape index (κ1) is 29.8. The summed E-state index contributed by atoms with van der Waals surface area (Å²) in [5, 5.41) is 13.1. The average molecular weight is 614 g/mol. The molecule has 11 heteroatoms. The second-order valence-corrected chi connectivity index (χ2v) is 12.4. The summed E-state index contributed by atoms with van der Waals surface area (Å²) in [6, 6.07) is 5.91. The molecule has 2 aromatic rings. The summed E-state index contributed by atoms with van der Waals surface area (Å²) in [5.74, 6) is -0.959. The maximum absolute atomic E-state index is 15.0. The lowest BCUT2D eigenvalue weighted by atomic mass is 9.96. The molecule has 2 N–H and O–H groups in total. The molecule has 230 valence electrons. The highest BCUT2D eigenvalue weighted by molar-refractivity contribution is 6.34. The summed E-state index contributed by atoms with van der Waals surface area (Å²) in [4.78, 5) is 18.5. The quantitative estimate of drug-likeness (QED) is 0.256. The van der Waals surface area contributed by atoms with E-state index in [0.29, 0.717) is 60.9 Å². The van der Waals surface area contributed by atoms with E-state index in [2.05, 4.69) is 16.8 Å². The molecule has 3 saturated heterocycles. The maximum atomic E-state index is 15.0. The van der Waals surface area contributed by atoms with Gasteiger partial charge in [-0.25, -0.2) is 8.78 Å². The summed E-state index contributed by atoms with van der Waals surface area (Å²) in [7, 11) is 0. The Morgan fingerprint density at radius 3 is 2.65 bits per heavy atom. The number of halogens is 3. The van der Waals surface area contributed by atoms with Gasteiger partial charge in [-0.05, 0) is 63.4 Å². The topological polar surface area (TPSA) is 81.1 Å². The van der Waals surface area contributed by atoms with E-state index >= 15 is 4.39 Å². The van der Waals surface area contributed by atoms with Crippen LogP contribution >= 0.6 is 11.6 Å². The fraction of sp³-hybridized carbons (Fsp3) is 0.500. The number of benzene rings is 2. The summed E-state index contributed by atoms with van der Waals surface area (Å²) in [6.07, 6.45) is 5.50. The molecule has 4 heterocycles. The highest BCUT2D eigenvalue weighted by Gasteiger charge is 2.37. The van der Waals surface area contributed by atoms with Crippen LogP contribution in [0.3, 0.4) is 0 Å². The van der Waals surface area contributed by atoms with Crippen molar-refractivity contribution >= 4 is 29.0 Å². The van der Waals surface area contributed by atoms with E-state index < -0.39 is 11.6 Å². The number of hydrogen-bond donors (Lipinski definition) is 2. The number of piperazine rings is 1. The molecule has 2 bridgehead atoms. The Kier molecular flexibility index (Phi) is 8.62. The Labute approximate surface area is 256 Å². The minimum Gasteiger partial charge on any atom is -0.489 e. The molecule has 6 rings (SSSR count). The standard InChI is InChI=1S/C32H38ClF2N5O3/c1-3-28(41)38-11-12-39(19(2)15-38)32(36)25-14-26(33)29(24-9-6-20(34)13-27(24)35)31-30(25)37-21(16-43-31)5-4-10-40-22-7-8-23(40)18-42-17-22/h3,6,9,13-14,19,21-23,36-37H,1,4-5,7-8,10-12,15-18H2,2H3/t19-,21?,22?,23?/m0/s1. The predicted molar refractivity (Wildman–Crippen MR) is 163 cm³/mol. The molecule has 3 fully saturated rings. The van der Waals surface area contributed by atoms with Crippen molar-refractivity contribution in [3.63, 3.8) is 0 Å². The highest BCUT2D eigenvalue weighted by atomic mass is 35.5. The van der Waals surface area contributed by atoms with Crippen molar-refractivity contribution < 1.29 is 23.0 Å². The van der Waals surface area contributed by atoms with Crippen LogP contribution in [0.4, 0.5) is 14.5 Å². The van der Waals surface area contributed by atoms with Gasteiger partial charge >= 0.3 is 0 Å². The number of amides is 1. The smallest absolute Gasteiger partial charge is 0.246 e. The van der Waals surface area contributed by atoms with Crippen LogP contribution in [0.5, 0.6) is 5.75 Å². The molecule has 4 atom stereocenters. The Morgan fingerprint density at radius 2 is 1.95 bits per heavy atom. The van der Waals surface area contributed by atoms with Crippen LogP contribution in [0, 0.1) is 17.0 Å². The fourth-order valence-electron chi connectivity index (χ4n) is 7.00. The minimum atomic E-state index is -0.741. The number of morpholine rings is 1. The van der Waals surface area contributed by atoms with Crippen LogP contribution in [0.15, 0.2) is 36.9 Å². The van der Waals surface area contributed by atoms with E-state index in [-0.39, 0.29) is 34.4 Å². The molecule has 0 aliphatic carbocycles. The van der Waals surface area contributed by atoms with Crippen LogP contribution in [0.25, 0.3) is 11.1 Å². The summed E-state index contributed by atoms with van der Waals surface area (Å²) >= 11 is 6.79. The van der Waals surface area contributed by atoms with E-state index in [1.54, 1.807) is 11.0 Å². The number of anilines is 1. The molecular formula is C32H38ClF2N5O3. The van der Waals surface area contributed by atoms with Crippen molar-refractivity contribution in [1.82, 2.24) is 14.7 Å². The molecule has 3 unspecified atom stereocenters. The van der Waals surface area contributed by atoms with Gasteiger partial charge in [0, 0.05) is 60.5 Å². The number of fused-ring (bicyclic) bond motifs is 3. The van der Waals surface area contributed by atoms with E-state index in [0.717, 1.165) is 38.7 Å². The molecular weight excluding hydrogens is 576 g/mol. The van der Waals surface area contributed by atoms with Gasteiger partial charge in [-0.3, -0.25) is 15.1 Å². The van der Waals surface area contributed by atoms with Gasteiger partial charge in [0.05, 0.1) is 30.0 Å². The summed E-state index contributed by atoms with van der Waals surface area (Å²) in [6.45, 7) is 9.89. The van der Waals surface area contributed by atoms with Crippen LogP contribution in [-0.2, 0) is 9.53 Å². The molecule has 0 saturated carbocycles. The maximum Gasteiger partial charge on any atom is 0.246 e. The largest absolute Gasteiger partial charge is 0.489 e. The van der Waals surface area contributed by atoms with Gasteiger partial charge < -0.3 is 24.6 Å². The Balaban J connectivity index is 1.27. The van der Waals surface area contributed by atoms with Crippen LogP contribution in [0.1, 0.15) is 38.2 Å². The van der Waals surface area contributed by atoms with Gasteiger partial charge in [-0.1, -0.05) is 18.2 Å².